The van der Waals surface area contributed by atoms with Crippen molar-refractivity contribution in [2.75, 3.05) is 19.6 Å². The maximum Gasteiger partial charge on any atom is 0.416 e. The monoisotopic (exact) mass is 430 g/mol. The van der Waals surface area contributed by atoms with Crippen molar-refractivity contribution in [1.82, 2.24) is 19.7 Å². The fourth-order valence-corrected chi connectivity index (χ4v) is 4.31. The predicted molar refractivity (Wildman–Crippen MR) is 103 cm³/mol. The Morgan fingerprint density at radius 2 is 1.90 bits per heavy atom. The average Bonchev–Trinajstić information content (AvgIpc) is 3.21. The first-order valence-corrected chi connectivity index (χ1v) is 9.27. The first kappa shape index (κ1) is 21.6. The molecule has 1 saturated carbocycles. The Morgan fingerprint density at radius 1 is 1.21 bits per heavy atom. The third-order valence-corrected chi connectivity index (χ3v) is 5.90. The van der Waals surface area contributed by atoms with Gasteiger partial charge in [-0.25, -0.2) is 9.48 Å². The van der Waals surface area contributed by atoms with E-state index in [1.165, 1.54) is 16.8 Å². The van der Waals surface area contributed by atoms with Gasteiger partial charge in [-0.2, -0.15) is 18.3 Å². The lowest BCUT2D eigenvalue weighted by Crippen LogP contribution is -2.35. The highest BCUT2D eigenvalue weighted by Crippen LogP contribution is 2.59. The largest absolute Gasteiger partial charge is 0.416 e. The molecule has 6 nitrogen and oxygen atoms in total. The van der Waals surface area contributed by atoms with Crippen molar-refractivity contribution in [2.45, 2.75) is 37.9 Å². The molecule has 1 aliphatic heterocycles. The van der Waals surface area contributed by atoms with Crippen LogP contribution in [0.4, 0.5) is 13.2 Å². The van der Waals surface area contributed by atoms with Crippen LogP contribution in [-0.2, 0) is 18.1 Å². The summed E-state index contributed by atoms with van der Waals surface area (Å²) in [5.74, 6) is 0.473. The number of alkyl halides is 3. The van der Waals surface area contributed by atoms with Crippen LogP contribution in [0, 0.1) is 12.8 Å². The van der Waals surface area contributed by atoms with E-state index in [0.29, 0.717) is 18.9 Å². The van der Waals surface area contributed by atoms with Gasteiger partial charge in [0.2, 0.25) is 0 Å². The van der Waals surface area contributed by atoms with E-state index in [1.807, 2.05) is 0 Å². The summed E-state index contributed by atoms with van der Waals surface area (Å²) >= 11 is 0. The molecule has 1 N–H and O–H groups in total. The summed E-state index contributed by atoms with van der Waals surface area (Å²) in [7, 11) is 0. The molecule has 1 aliphatic carbocycles. The molecule has 2 atom stereocenters. The first-order valence-electron chi connectivity index (χ1n) is 9.27. The van der Waals surface area contributed by atoms with E-state index in [-0.39, 0.29) is 23.5 Å². The van der Waals surface area contributed by atoms with Crippen molar-refractivity contribution in [3.63, 3.8) is 0 Å². The highest BCUT2D eigenvalue weighted by molar-refractivity contribution is 5.85. The molecule has 2 fully saturated rings. The zero-order valence-corrected chi connectivity index (χ0v) is 16.6. The Morgan fingerprint density at radius 3 is 2.55 bits per heavy atom. The highest BCUT2D eigenvalue weighted by atomic mass is 35.5. The zero-order valence-electron chi connectivity index (χ0n) is 15.8. The van der Waals surface area contributed by atoms with Crippen molar-refractivity contribution in [3.8, 4) is 0 Å². The van der Waals surface area contributed by atoms with Crippen molar-refractivity contribution in [1.29, 1.82) is 0 Å². The van der Waals surface area contributed by atoms with E-state index in [2.05, 4.69) is 15.0 Å². The molecule has 1 saturated heterocycles. The number of piperidine rings is 1. The minimum atomic E-state index is -4.31. The van der Waals surface area contributed by atoms with Crippen LogP contribution in [0.2, 0.25) is 0 Å². The van der Waals surface area contributed by atoms with Gasteiger partial charge in [0.15, 0.2) is 0 Å². The number of aromatic nitrogens is 3. The molecule has 0 unspecified atom stereocenters. The van der Waals surface area contributed by atoms with E-state index in [4.69, 9.17) is 0 Å². The van der Waals surface area contributed by atoms with Crippen LogP contribution in [0.3, 0.4) is 0 Å². The SMILES string of the molecule is Cc1nn(CCCN2C[C@@H]3C[C@]3(c3ccc(C(F)(F)F)cc3)C2)c(=O)[nH]c1=O.Cl. The Kier molecular flexibility index (Phi) is 5.66. The lowest BCUT2D eigenvalue weighted by Gasteiger charge is -2.21. The molecule has 4 rings (SSSR count). The van der Waals surface area contributed by atoms with Gasteiger partial charge in [-0.3, -0.25) is 9.78 Å². The van der Waals surface area contributed by atoms with Gasteiger partial charge in [0.1, 0.15) is 5.69 Å². The maximum atomic E-state index is 12.8. The number of nitrogens with one attached hydrogen (secondary N) is 1. The molecule has 0 amide bonds. The van der Waals surface area contributed by atoms with Crippen LogP contribution < -0.4 is 11.2 Å². The topological polar surface area (TPSA) is 71.0 Å². The second-order valence-corrected chi connectivity index (χ2v) is 7.79. The number of likely N-dealkylation sites (tertiary alicyclic amines) is 1. The molecule has 0 spiro atoms. The number of hydrogen-bond acceptors (Lipinski definition) is 4. The number of nitrogens with zero attached hydrogens (tertiary/aromatic N) is 3. The smallest absolute Gasteiger partial charge is 0.302 e. The molecule has 2 aliphatic rings. The van der Waals surface area contributed by atoms with Crippen LogP contribution in [0.25, 0.3) is 0 Å². The second-order valence-electron chi connectivity index (χ2n) is 7.79. The summed E-state index contributed by atoms with van der Waals surface area (Å²) < 4.78 is 39.6. The van der Waals surface area contributed by atoms with Gasteiger partial charge in [0.25, 0.3) is 5.56 Å². The Balaban J connectivity index is 0.00000240. The number of hydrogen-bond donors (Lipinski definition) is 1. The lowest BCUT2D eigenvalue weighted by molar-refractivity contribution is -0.137. The second kappa shape index (κ2) is 7.60. The van der Waals surface area contributed by atoms with Gasteiger partial charge in [-0.05, 0) is 49.9 Å². The van der Waals surface area contributed by atoms with Crippen LogP contribution in [0.5, 0.6) is 0 Å². The van der Waals surface area contributed by atoms with E-state index in [9.17, 15) is 22.8 Å². The van der Waals surface area contributed by atoms with Gasteiger partial charge in [0.05, 0.1) is 5.56 Å². The molecular formula is C19H22ClF3N4O2. The van der Waals surface area contributed by atoms with E-state index >= 15 is 0 Å². The number of fused-ring (bicyclic) bond motifs is 1. The van der Waals surface area contributed by atoms with Gasteiger partial charge >= 0.3 is 11.9 Å². The summed E-state index contributed by atoms with van der Waals surface area (Å²) in [6.07, 6.45) is -2.60. The number of aryl methyl sites for hydroxylation is 2. The molecule has 29 heavy (non-hydrogen) atoms. The Labute approximate surface area is 171 Å². The van der Waals surface area contributed by atoms with Crippen LogP contribution in [0.15, 0.2) is 33.9 Å². The summed E-state index contributed by atoms with van der Waals surface area (Å²) in [6, 6.07) is 5.55. The average molecular weight is 431 g/mol. The molecule has 158 valence electrons. The number of halogens is 4. The summed E-state index contributed by atoms with van der Waals surface area (Å²) in [5.41, 5.74) is -0.409. The highest BCUT2D eigenvalue weighted by Gasteiger charge is 2.60. The fourth-order valence-electron chi connectivity index (χ4n) is 4.31. The van der Waals surface area contributed by atoms with Crippen LogP contribution in [-0.4, -0.2) is 39.3 Å². The van der Waals surface area contributed by atoms with E-state index < -0.39 is 23.0 Å². The molecule has 10 heteroatoms. The van der Waals surface area contributed by atoms with E-state index in [0.717, 1.165) is 31.6 Å². The molecule has 1 aromatic carbocycles. The number of benzene rings is 1. The quantitative estimate of drug-likeness (QED) is 0.790. The van der Waals surface area contributed by atoms with E-state index in [1.54, 1.807) is 19.1 Å². The number of rotatable bonds is 5. The standard InChI is InChI=1S/C19H21F3N4O2.ClH/c1-12-16(27)23-17(28)26(24-12)8-2-7-25-10-15-9-18(15,11-25)13-3-5-14(6-4-13)19(20,21)22;/h3-6,15H,2,7-11H2,1H3,(H,23,27,28);1H/t15-,18+;/m0./s1. The molecule has 0 radical (unpaired) electrons. The first-order chi connectivity index (χ1) is 13.2. The molecule has 1 aromatic heterocycles. The van der Waals surface area contributed by atoms with Gasteiger partial charge in [-0.15, -0.1) is 12.4 Å². The maximum absolute atomic E-state index is 12.8. The van der Waals surface area contributed by atoms with Crippen molar-refractivity contribution in [2.24, 2.45) is 5.92 Å². The molecule has 2 heterocycles. The van der Waals surface area contributed by atoms with Gasteiger partial charge < -0.3 is 4.90 Å². The molecule has 0 bridgehead atoms. The van der Waals surface area contributed by atoms with Crippen molar-refractivity contribution < 1.29 is 13.2 Å². The molecular weight excluding hydrogens is 409 g/mol. The van der Waals surface area contributed by atoms with Gasteiger partial charge in [-0.1, -0.05) is 12.1 Å². The van der Waals surface area contributed by atoms with Crippen LogP contribution >= 0.6 is 12.4 Å². The lowest BCUT2D eigenvalue weighted by atomic mass is 9.94. The summed E-state index contributed by atoms with van der Waals surface area (Å²) in [4.78, 5) is 27.6. The van der Waals surface area contributed by atoms with Gasteiger partial charge in [0, 0.05) is 25.0 Å². The number of aromatic amines is 1. The third kappa shape index (κ3) is 4.11. The zero-order chi connectivity index (χ0) is 20.1. The van der Waals surface area contributed by atoms with Crippen LogP contribution in [0.1, 0.15) is 29.7 Å². The number of H-pyrrole nitrogens is 1. The summed E-state index contributed by atoms with van der Waals surface area (Å²) in [6.45, 7) is 4.46. The fraction of sp³-hybridized carbons (Fsp3) is 0.526. The van der Waals surface area contributed by atoms with Crippen molar-refractivity contribution >= 4 is 12.4 Å². The Hall–Kier alpha value is -2.13. The van der Waals surface area contributed by atoms with Crippen molar-refractivity contribution in [3.05, 3.63) is 61.9 Å². The predicted octanol–water partition coefficient (Wildman–Crippen LogP) is 2.34. The normalized spacial score (nSPS) is 23.5. The third-order valence-electron chi connectivity index (χ3n) is 5.90. The minimum absolute atomic E-state index is 0. The Bertz CT molecular complexity index is 1000. The molecule has 2 aromatic rings. The minimum Gasteiger partial charge on any atom is -0.302 e. The summed E-state index contributed by atoms with van der Waals surface area (Å²) in [5, 5.41) is 4.00.